The van der Waals surface area contributed by atoms with Crippen molar-refractivity contribution >= 4 is 81.4 Å². The number of nitrogens with zero attached hydrogens (tertiary/aromatic N) is 2. The second kappa shape index (κ2) is 23.0. The summed E-state index contributed by atoms with van der Waals surface area (Å²) in [5, 5.41) is 13.1. The van der Waals surface area contributed by atoms with Crippen LogP contribution in [-0.4, -0.2) is 106 Å². The van der Waals surface area contributed by atoms with E-state index in [9.17, 15) is 52.6 Å². The van der Waals surface area contributed by atoms with E-state index in [-0.39, 0.29) is 119 Å². The Bertz CT molecular complexity index is 2320. The average molecular weight is 956 g/mol. The van der Waals surface area contributed by atoms with Gasteiger partial charge in [0.2, 0.25) is 5.69 Å². The van der Waals surface area contributed by atoms with Gasteiger partial charge in [-0.1, -0.05) is 19.9 Å². The van der Waals surface area contributed by atoms with Gasteiger partial charge in [0.1, 0.15) is 5.75 Å². The number of anilines is 1. The van der Waals surface area contributed by atoms with E-state index in [1.807, 2.05) is 19.9 Å². The number of rotatable bonds is 20. The van der Waals surface area contributed by atoms with Crippen LogP contribution in [0.15, 0.2) is 70.1 Å². The van der Waals surface area contributed by atoms with Crippen LogP contribution in [0.2, 0.25) is 0 Å². The monoisotopic (exact) mass is 955 g/mol. The van der Waals surface area contributed by atoms with Crippen LogP contribution < -0.4 is 98.8 Å². The summed E-state index contributed by atoms with van der Waals surface area (Å²) in [4.78, 5) is 7.01. The quantitative estimate of drug-likeness (QED) is 0.0246. The fourth-order valence-corrected chi connectivity index (χ4v) is 10.3. The smallest absolute Gasteiger partial charge is 0.748 e. The van der Waals surface area contributed by atoms with Gasteiger partial charge in [0.15, 0.2) is 22.1 Å². The third-order valence-corrected chi connectivity index (χ3v) is 14.0. The first kappa shape index (κ1) is 56.6. The van der Waals surface area contributed by atoms with Gasteiger partial charge >= 0.3 is 88.7 Å². The number of allylic oxidation sites excluding steroid dienone is 4. The Morgan fingerprint density at radius 2 is 1.48 bits per heavy atom. The Labute approximate surface area is 413 Å². The van der Waals surface area contributed by atoms with Crippen LogP contribution in [-0.2, 0) is 69.6 Å². The standard InChI is InChI=1S/C31H40N2O16S6.3Na/c1-30(2)24-20-22(51-48-46-14-15-50-49-47-34)8-10-26(24)32(12-16-53(37,38)39)28(30)6-5-7-29-31(3,4)25-21-23(52(35,36)18-19-55(43,44)45)9-11-27(25)33(29)13-17-54(40,41)42;;;/h5-11,20-21H,12-19H2,1-4H3,(H3-,34,37,38,39,40,41,42,43,44,45);;;/q;3*+1/p-2. The van der Waals surface area contributed by atoms with Crippen LogP contribution in [0.1, 0.15) is 38.8 Å². The Kier molecular flexibility index (Phi) is 22.4. The molecule has 27 heteroatoms. The Morgan fingerprint density at radius 3 is 2.09 bits per heavy atom. The molecule has 2 heterocycles. The van der Waals surface area contributed by atoms with E-state index in [0.29, 0.717) is 33.2 Å². The second-order valence-electron chi connectivity index (χ2n) is 13.3. The normalized spacial score (nSPS) is 16.8. The molecule has 58 heavy (non-hydrogen) atoms. The molecule has 0 aliphatic carbocycles. The third-order valence-electron chi connectivity index (χ3n) is 8.84. The van der Waals surface area contributed by atoms with Crippen molar-refractivity contribution in [1.29, 1.82) is 0 Å². The number of benzene rings is 2. The van der Waals surface area contributed by atoms with E-state index >= 15 is 0 Å². The fourth-order valence-electron chi connectivity index (χ4n) is 6.23. The van der Waals surface area contributed by atoms with Crippen LogP contribution in [0.25, 0.3) is 0 Å². The predicted molar refractivity (Wildman–Crippen MR) is 198 cm³/mol. The van der Waals surface area contributed by atoms with E-state index in [1.54, 1.807) is 53.7 Å². The molecule has 0 bridgehead atoms. The van der Waals surface area contributed by atoms with Gasteiger partial charge in [-0.25, -0.2) is 30.1 Å². The Balaban J connectivity index is 0.00000561. The SMILES string of the molecule is CC1(C)C(C=C/C=C2/N(CCS(=O)(=O)[O-])c3ccc(S(=O)(=O)CCS(=O)(=O)[O-])cc3C2(C)C)=[N+](CCS(=O)(=O)O)c2ccc(SOOCCSOO[O-])cc21.[Na+].[Na+].[Na+]. The van der Waals surface area contributed by atoms with E-state index in [4.69, 9.17) is 9.22 Å². The zero-order valence-corrected chi connectivity index (χ0v) is 43.7. The maximum absolute atomic E-state index is 13.0. The van der Waals surface area contributed by atoms with Crippen molar-refractivity contribution in [3.63, 3.8) is 0 Å². The zero-order valence-electron chi connectivity index (χ0n) is 32.8. The average Bonchev–Trinajstić information content (AvgIpc) is 3.41. The molecule has 18 nitrogen and oxygen atoms in total. The van der Waals surface area contributed by atoms with E-state index in [0.717, 1.165) is 29.6 Å². The first-order valence-electron chi connectivity index (χ1n) is 16.1. The minimum atomic E-state index is -4.82. The summed E-state index contributed by atoms with van der Waals surface area (Å²) in [7, 11) is -18.1. The van der Waals surface area contributed by atoms with Crippen molar-refractivity contribution in [2.75, 3.05) is 53.4 Å². The number of fused-ring (bicyclic) bond motifs is 2. The van der Waals surface area contributed by atoms with E-state index in [2.05, 4.69) is 9.37 Å². The van der Waals surface area contributed by atoms with Crippen molar-refractivity contribution in [3.8, 4) is 0 Å². The molecule has 2 aliphatic rings. The molecular weight excluding hydrogens is 918 g/mol. The second-order valence-corrected chi connectivity index (χ2v) is 21.5. The molecule has 2 aromatic carbocycles. The Morgan fingerprint density at radius 1 is 0.828 bits per heavy atom. The molecule has 2 aromatic rings. The first-order valence-corrected chi connectivity index (χ1v) is 24.1. The number of sulfone groups is 1. The first-order chi connectivity index (χ1) is 25.4. The predicted octanol–water partition coefficient (Wildman–Crippen LogP) is -7.11. The molecule has 0 saturated heterocycles. The van der Waals surface area contributed by atoms with Gasteiger partial charge in [-0.2, -0.15) is 21.7 Å². The maximum atomic E-state index is 13.0. The molecule has 0 radical (unpaired) electrons. The molecule has 0 atom stereocenters. The van der Waals surface area contributed by atoms with Gasteiger partial charge in [0.25, 0.3) is 10.1 Å². The van der Waals surface area contributed by atoms with Crippen molar-refractivity contribution < 1.29 is 164 Å². The Hall–Kier alpha value is 0.570. The zero-order chi connectivity index (χ0) is 41.0. The van der Waals surface area contributed by atoms with E-state index in [1.165, 1.54) is 18.2 Å². The molecule has 4 rings (SSSR count). The molecule has 0 saturated carbocycles. The van der Waals surface area contributed by atoms with Gasteiger partial charge in [0, 0.05) is 63.7 Å². The van der Waals surface area contributed by atoms with Crippen molar-refractivity contribution in [2.24, 2.45) is 0 Å². The summed E-state index contributed by atoms with van der Waals surface area (Å²) in [5.74, 6) is -3.21. The summed E-state index contributed by atoms with van der Waals surface area (Å²) < 4.78 is 139. The molecule has 0 spiro atoms. The molecule has 0 fully saturated rings. The summed E-state index contributed by atoms with van der Waals surface area (Å²) in [6.45, 7) is 6.94. The van der Waals surface area contributed by atoms with Crippen molar-refractivity contribution in [1.82, 2.24) is 0 Å². The number of hydrogen-bond donors (Lipinski definition) is 1. The van der Waals surface area contributed by atoms with Gasteiger partial charge in [-0.3, -0.25) is 9.59 Å². The van der Waals surface area contributed by atoms with Crippen molar-refractivity contribution in [3.05, 3.63) is 71.5 Å². The largest absolute Gasteiger partial charge is 1.00 e. The van der Waals surface area contributed by atoms with E-state index < -0.39 is 74.0 Å². The topological polar surface area (TPSA) is 269 Å². The minimum absolute atomic E-state index is 0. The summed E-state index contributed by atoms with van der Waals surface area (Å²) >= 11 is 1.63. The third kappa shape index (κ3) is 15.4. The number of hydrogen-bond acceptors (Lipinski definition) is 18. The molecule has 0 aromatic heterocycles. The molecular formula is C31H38N2Na3O16S6+. The van der Waals surface area contributed by atoms with Crippen LogP contribution in [0.5, 0.6) is 0 Å². The van der Waals surface area contributed by atoms with Crippen LogP contribution in [0.3, 0.4) is 0 Å². The van der Waals surface area contributed by atoms with Crippen LogP contribution in [0.4, 0.5) is 11.4 Å². The van der Waals surface area contributed by atoms with Gasteiger partial charge in [-0.05, 0) is 55.8 Å². The fraction of sp³-hybridized carbons (Fsp3) is 0.452. The summed E-state index contributed by atoms with van der Waals surface area (Å²) in [6.07, 6.45) is 5.02. The van der Waals surface area contributed by atoms with Crippen molar-refractivity contribution in [2.45, 2.75) is 48.3 Å². The summed E-state index contributed by atoms with van der Waals surface area (Å²) in [6, 6.07) is 9.26. The molecule has 0 amide bonds. The van der Waals surface area contributed by atoms with Crippen LogP contribution in [0, 0.1) is 0 Å². The summed E-state index contributed by atoms with van der Waals surface area (Å²) in [5.41, 5.74) is 1.56. The van der Waals surface area contributed by atoms with Gasteiger partial charge < -0.3 is 19.3 Å². The van der Waals surface area contributed by atoms with Gasteiger partial charge in [0.05, 0.1) is 66.5 Å². The maximum Gasteiger partial charge on any atom is 1.00 e. The van der Waals surface area contributed by atoms with Gasteiger partial charge in [-0.15, -0.1) is 0 Å². The molecule has 2 aliphatic heterocycles. The van der Waals surface area contributed by atoms with Crippen LogP contribution >= 0.6 is 24.1 Å². The molecule has 1 N–H and O–H groups in total. The molecule has 0 unspecified atom stereocenters. The minimum Gasteiger partial charge on any atom is -0.748 e. The molecule has 306 valence electrons.